The van der Waals surface area contributed by atoms with E-state index < -0.39 is 22.1 Å². The normalized spacial score (nSPS) is 19.3. The smallest absolute Gasteiger partial charge is 0.338 e. The van der Waals surface area contributed by atoms with Gasteiger partial charge in [0.15, 0.2) is 17.6 Å². The maximum atomic E-state index is 13.0. The minimum absolute atomic E-state index is 0.00735. The van der Waals surface area contributed by atoms with Crippen LogP contribution in [0.2, 0.25) is 0 Å². The maximum Gasteiger partial charge on any atom is 0.338 e. The molecule has 0 radical (unpaired) electrons. The molecule has 0 saturated carbocycles. The summed E-state index contributed by atoms with van der Waals surface area (Å²) in [4.78, 5) is 12.7. The van der Waals surface area contributed by atoms with Gasteiger partial charge in [-0.05, 0) is 36.8 Å². The fourth-order valence-electron chi connectivity index (χ4n) is 3.33. The number of morpholine rings is 1. The third-order valence-corrected chi connectivity index (χ3v) is 7.02. The van der Waals surface area contributed by atoms with Gasteiger partial charge in [-0.2, -0.15) is 4.31 Å². The molecule has 0 amide bonds. The van der Waals surface area contributed by atoms with Crippen LogP contribution in [0.1, 0.15) is 15.9 Å². The quantitative estimate of drug-likeness (QED) is 0.666. The van der Waals surface area contributed by atoms with E-state index in [2.05, 4.69) is 0 Å². The number of hydrogen-bond acceptors (Lipinski definition) is 7. The standard InChI is InChI=1S/C21H23NO7S/c1-15-6-7-16(12-20(15)30(24,25)22-8-10-26-11-9-22)21(23)28-14-17-13-27-18-4-2-3-5-19(18)29-17/h2-7,12,17H,8-11,13-14H2,1H3. The summed E-state index contributed by atoms with van der Waals surface area (Å²) in [5.74, 6) is 0.631. The molecule has 2 aromatic rings. The number of fused-ring (bicyclic) bond motifs is 1. The summed E-state index contributed by atoms with van der Waals surface area (Å²) in [5.41, 5.74) is 0.739. The van der Waals surface area contributed by atoms with Crippen molar-refractivity contribution >= 4 is 16.0 Å². The number of nitrogens with zero attached hydrogens (tertiary/aromatic N) is 1. The lowest BCUT2D eigenvalue weighted by molar-refractivity contribution is 0.0109. The summed E-state index contributed by atoms with van der Waals surface area (Å²) in [5, 5.41) is 0. The number of carbonyl (C=O) groups excluding carboxylic acids is 1. The predicted molar refractivity (Wildman–Crippen MR) is 107 cm³/mol. The maximum absolute atomic E-state index is 13.0. The van der Waals surface area contributed by atoms with Gasteiger partial charge in [-0.25, -0.2) is 13.2 Å². The van der Waals surface area contributed by atoms with E-state index in [1.165, 1.54) is 10.4 Å². The lowest BCUT2D eigenvalue weighted by Crippen LogP contribution is -2.40. The first-order chi connectivity index (χ1) is 14.4. The molecule has 0 spiro atoms. The van der Waals surface area contributed by atoms with E-state index >= 15 is 0 Å². The van der Waals surface area contributed by atoms with Crippen LogP contribution in [0.15, 0.2) is 47.4 Å². The largest absolute Gasteiger partial charge is 0.486 e. The number of aryl methyl sites for hydroxylation is 1. The molecular formula is C21H23NO7S. The number of hydrogen-bond donors (Lipinski definition) is 0. The van der Waals surface area contributed by atoms with E-state index in [1.54, 1.807) is 31.2 Å². The Kier molecular flexibility index (Phi) is 5.94. The van der Waals surface area contributed by atoms with Crippen LogP contribution in [0.3, 0.4) is 0 Å². The number of benzene rings is 2. The Balaban J connectivity index is 1.44. The highest BCUT2D eigenvalue weighted by molar-refractivity contribution is 7.89. The van der Waals surface area contributed by atoms with Crippen molar-refractivity contribution in [2.24, 2.45) is 0 Å². The number of para-hydroxylation sites is 2. The first-order valence-electron chi connectivity index (χ1n) is 9.69. The molecular weight excluding hydrogens is 410 g/mol. The second kappa shape index (κ2) is 8.63. The van der Waals surface area contributed by atoms with Crippen LogP contribution in [0.25, 0.3) is 0 Å². The van der Waals surface area contributed by atoms with Crippen LogP contribution < -0.4 is 9.47 Å². The van der Waals surface area contributed by atoms with Gasteiger partial charge >= 0.3 is 5.97 Å². The van der Waals surface area contributed by atoms with Gasteiger partial charge in [0.25, 0.3) is 0 Å². The molecule has 0 bridgehead atoms. The zero-order valence-corrected chi connectivity index (χ0v) is 17.4. The fraction of sp³-hybridized carbons (Fsp3) is 0.381. The molecule has 0 N–H and O–H groups in total. The summed E-state index contributed by atoms with van der Waals surface area (Å²) in [6.45, 7) is 3.24. The van der Waals surface area contributed by atoms with Gasteiger partial charge in [-0.3, -0.25) is 0 Å². The Labute approximate surface area is 175 Å². The van der Waals surface area contributed by atoms with Crippen LogP contribution in [-0.2, 0) is 19.5 Å². The van der Waals surface area contributed by atoms with Crippen molar-refractivity contribution in [3.63, 3.8) is 0 Å². The molecule has 1 saturated heterocycles. The van der Waals surface area contributed by atoms with Crippen LogP contribution in [-0.4, -0.2) is 64.3 Å². The van der Waals surface area contributed by atoms with E-state index in [-0.39, 0.29) is 36.8 Å². The fourth-order valence-corrected chi connectivity index (χ4v) is 4.99. The molecule has 30 heavy (non-hydrogen) atoms. The topological polar surface area (TPSA) is 91.4 Å². The highest BCUT2D eigenvalue weighted by atomic mass is 32.2. The average molecular weight is 433 g/mol. The molecule has 0 aliphatic carbocycles. The highest BCUT2D eigenvalue weighted by Crippen LogP contribution is 2.31. The number of sulfonamides is 1. The molecule has 1 unspecified atom stereocenters. The third kappa shape index (κ3) is 4.28. The van der Waals surface area contributed by atoms with Crippen LogP contribution in [0.5, 0.6) is 11.5 Å². The third-order valence-electron chi connectivity index (χ3n) is 4.98. The Morgan fingerprint density at radius 2 is 1.87 bits per heavy atom. The Morgan fingerprint density at radius 3 is 2.63 bits per heavy atom. The highest BCUT2D eigenvalue weighted by Gasteiger charge is 2.29. The minimum atomic E-state index is -3.72. The Hall–Kier alpha value is -2.62. The van der Waals surface area contributed by atoms with Crippen molar-refractivity contribution in [3.8, 4) is 11.5 Å². The van der Waals surface area contributed by atoms with Crippen LogP contribution >= 0.6 is 0 Å². The second-order valence-electron chi connectivity index (χ2n) is 7.09. The summed E-state index contributed by atoms with van der Waals surface area (Å²) in [6, 6.07) is 11.8. The number of carbonyl (C=O) groups is 1. The molecule has 2 aromatic carbocycles. The second-order valence-corrected chi connectivity index (χ2v) is 9.00. The Bertz CT molecular complexity index is 1030. The molecule has 2 heterocycles. The van der Waals surface area contributed by atoms with Crippen molar-refractivity contribution < 1.29 is 32.2 Å². The van der Waals surface area contributed by atoms with E-state index in [9.17, 15) is 13.2 Å². The van der Waals surface area contributed by atoms with E-state index in [0.717, 1.165) is 0 Å². The minimum Gasteiger partial charge on any atom is -0.486 e. The van der Waals surface area contributed by atoms with Gasteiger partial charge in [-0.1, -0.05) is 18.2 Å². The van der Waals surface area contributed by atoms with Gasteiger partial charge in [0, 0.05) is 13.1 Å². The zero-order valence-electron chi connectivity index (χ0n) is 16.6. The van der Waals surface area contributed by atoms with E-state index in [4.69, 9.17) is 18.9 Å². The first-order valence-corrected chi connectivity index (χ1v) is 11.1. The summed E-state index contributed by atoms with van der Waals surface area (Å²) in [7, 11) is -3.72. The zero-order chi connectivity index (χ0) is 21.1. The number of rotatable bonds is 5. The molecule has 4 rings (SSSR count). The molecule has 1 fully saturated rings. The monoisotopic (exact) mass is 433 g/mol. The van der Waals surface area contributed by atoms with Gasteiger partial charge in [0.1, 0.15) is 13.2 Å². The molecule has 2 aliphatic rings. The van der Waals surface area contributed by atoms with Gasteiger partial charge in [0.2, 0.25) is 10.0 Å². The number of ether oxygens (including phenoxy) is 4. The number of esters is 1. The molecule has 8 nitrogen and oxygen atoms in total. The lowest BCUT2D eigenvalue weighted by atomic mass is 10.1. The predicted octanol–water partition coefficient (Wildman–Crippen LogP) is 2.01. The van der Waals surface area contributed by atoms with Crippen molar-refractivity contribution in [1.29, 1.82) is 0 Å². The summed E-state index contributed by atoms with van der Waals surface area (Å²) >= 11 is 0. The molecule has 160 valence electrons. The Morgan fingerprint density at radius 1 is 1.13 bits per heavy atom. The average Bonchev–Trinajstić information content (AvgIpc) is 2.78. The van der Waals surface area contributed by atoms with Crippen molar-refractivity contribution in [2.45, 2.75) is 17.9 Å². The van der Waals surface area contributed by atoms with Crippen molar-refractivity contribution in [2.75, 3.05) is 39.5 Å². The van der Waals surface area contributed by atoms with E-state index in [1.807, 2.05) is 12.1 Å². The van der Waals surface area contributed by atoms with Crippen molar-refractivity contribution in [1.82, 2.24) is 4.31 Å². The van der Waals surface area contributed by atoms with Gasteiger partial charge in [-0.15, -0.1) is 0 Å². The lowest BCUT2D eigenvalue weighted by Gasteiger charge is -2.27. The van der Waals surface area contributed by atoms with Crippen LogP contribution in [0, 0.1) is 6.92 Å². The summed E-state index contributed by atoms with van der Waals surface area (Å²) < 4.78 is 49.3. The van der Waals surface area contributed by atoms with E-state index in [0.29, 0.717) is 30.3 Å². The van der Waals surface area contributed by atoms with Crippen LogP contribution in [0.4, 0.5) is 0 Å². The molecule has 9 heteroatoms. The SMILES string of the molecule is Cc1ccc(C(=O)OCC2COc3ccccc3O2)cc1S(=O)(=O)N1CCOCC1. The first kappa shape index (κ1) is 20.6. The molecule has 0 aromatic heterocycles. The van der Waals surface area contributed by atoms with Crippen molar-refractivity contribution in [3.05, 3.63) is 53.6 Å². The molecule has 1 atom stereocenters. The summed E-state index contributed by atoms with van der Waals surface area (Å²) in [6.07, 6.45) is -0.439. The van der Waals surface area contributed by atoms with Gasteiger partial charge in [0.05, 0.1) is 23.7 Å². The van der Waals surface area contributed by atoms with Gasteiger partial charge < -0.3 is 18.9 Å². The molecule has 2 aliphatic heterocycles.